The Labute approximate surface area is 131 Å². The number of likely N-dealkylation sites (tertiary alicyclic amines) is 1. The SMILES string of the molecule is O=C(CC1CCCCC1)NCC(=O)N1CCC(C(=O)O)CC1. The van der Waals surface area contributed by atoms with Crippen LogP contribution in [-0.4, -0.2) is 47.4 Å². The zero-order valence-electron chi connectivity index (χ0n) is 13.1. The number of rotatable bonds is 5. The number of carbonyl (C=O) groups is 3. The van der Waals surface area contributed by atoms with Crippen molar-refractivity contribution >= 4 is 17.8 Å². The fourth-order valence-electron chi connectivity index (χ4n) is 3.39. The predicted octanol–water partition coefficient (Wildman–Crippen LogP) is 1.40. The summed E-state index contributed by atoms with van der Waals surface area (Å²) in [7, 11) is 0. The second-order valence-corrected chi connectivity index (χ2v) is 6.48. The number of hydrogen-bond acceptors (Lipinski definition) is 3. The first kappa shape index (κ1) is 16.8. The summed E-state index contributed by atoms with van der Waals surface area (Å²) >= 11 is 0. The smallest absolute Gasteiger partial charge is 0.306 e. The van der Waals surface area contributed by atoms with Crippen LogP contribution in [0.1, 0.15) is 51.4 Å². The van der Waals surface area contributed by atoms with Gasteiger partial charge in [0, 0.05) is 19.5 Å². The van der Waals surface area contributed by atoms with E-state index in [1.165, 1.54) is 19.3 Å². The molecule has 2 rings (SSSR count). The Bertz CT molecular complexity index is 410. The van der Waals surface area contributed by atoms with E-state index >= 15 is 0 Å². The van der Waals surface area contributed by atoms with Gasteiger partial charge in [-0.25, -0.2) is 0 Å². The fourth-order valence-corrected chi connectivity index (χ4v) is 3.39. The summed E-state index contributed by atoms with van der Waals surface area (Å²) in [5.41, 5.74) is 0. The van der Waals surface area contributed by atoms with Crippen molar-refractivity contribution in [1.29, 1.82) is 0 Å². The average Bonchev–Trinajstić information content (AvgIpc) is 2.53. The lowest BCUT2D eigenvalue weighted by Crippen LogP contribution is -2.45. The molecule has 0 unspecified atom stereocenters. The Hall–Kier alpha value is -1.59. The number of hydrogen-bond donors (Lipinski definition) is 2. The van der Waals surface area contributed by atoms with E-state index in [4.69, 9.17) is 5.11 Å². The summed E-state index contributed by atoms with van der Waals surface area (Å²) in [6.07, 6.45) is 7.42. The number of amides is 2. The van der Waals surface area contributed by atoms with Crippen molar-refractivity contribution in [2.45, 2.75) is 51.4 Å². The number of nitrogens with zero attached hydrogens (tertiary/aromatic N) is 1. The Morgan fingerprint density at radius 3 is 2.23 bits per heavy atom. The molecule has 2 amide bonds. The minimum atomic E-state index is -0.784. The van der Waals surface area contributed by atoms with E-state index in [0.29, 0.717) is 38.3 Å². The van der Waals surface area contributed by atoms with E-state index in [0.717, 1.165) is 12.8 Å². The lowest BCUT2D eigenvalue weighted by Gasteiger charge is -2.30. The van der Waals surface area contributed by atoms with Gasteiger partial charge in [-0.15, -0.1) is 0 Å². The van der Waals surface area contributed by atoms with Crippen LogP contribution in [0.3, 0.4) is 0 Å². The first-order valence-electron chi connectivity index (χ1n) is 8.33. The van der Waals surface area contributed by atoms with Crippen molar-refractivity contribution in [1.82, 2.24) is 10.2 Å². The monoisotopic (exact) mass is 310 g/mol. The van der Waals surface area contributed by atoms with E-state index < -0.39 is 5.97 Å². The summed E-state index contributed by atoms with van der Waals surface area (Å²) in [5.74, 6) is -0.811. The largest absolute Gasteiger partial charge is 0.481 e. The van der Waals surface area contributed by atoms with Gasteiger partial charge in [-0.3, -0.25) is 14.4 Å². The molecular weight excluding hydrogens is 284 g/mol. The summed E-state index contributed by atoms with van der Waals surface area (Å²) < 4.78 is 0. The van der Waals surface area contributed by atoms with Gasteiger partial charge in [-0.1, -0.05) is 19.3 Å². The molecule has 1 saturated heterocycles. The third kappa shape index (κ3) is 5.00. The van der Waals surface area contributed by atoms with E-state index in [9.17, 15) is 14.4 Å². The van der Waals surface area contributed by atoms with E-state index in [2.05, 4.69) is 5.32 Å². The van der Waals surface area contributed by atoms with Crippen molar-refractivity contribution in [2.75, 3.05) is 19.6 Å². The maximum atomic E-state index is 12.0. The third-order valence-corrected chi connectivity index (χ3v) is 4.83. The van der Waals surface area contributed by atoms with Gasteiger partial charge in [0.2, 0.25) is 11.8 Å². The Morgan fingerprint density at radius 2 is 1.64 bits per heavy atom. The van der Waals surface area contributed by atoms with Crippen LogP contribution >= 0.6 is 0 Å². The molecule has 0 radical (unpaired) electrons. The molecule has 6 nitrogen and oxygen atoms in total. The molecule has 2 N–H and O–H groups in total. The second kappa shape index (κ2) is 8.15. The molecule has 2 fully saturated rings. The molecule has 0 aromatic rings. The maximum Gasteiger partial charge on any atom is 0.306 e. The van der Waals surface area contributed by atoms with Gasteiger partial charge in [-0.05, 0) is 31.6 Å². The Kier molecular flexibility index (Phi) is 6.21. The van der Waals surface area contributed by atoms with Gasteiger partial charge < -0.3 is 15.3 Å². The van der Waals surface area contributed by atoms with Crippen LogP contribution in [0.4, 0.5) is 0 Å². The molecule has 0 bridgehead atoms. The number of aliphatic carboxylic acids is 1. The zero-order valence-corrected chi connectivity index (χ0v) is 13.1. The van der Waals surface area contributed by atoms with Crippen molar-refractivity contribution in [2.24, 2.45) is 11.8 Å². The molecule has 1 aliphatic carbocycles. The van der Waals surface area contributed by atoms with Crippen LogP contribution in [0.25, 0.3) is 0 Å². The van der Waals surface area contributed by atoms with Gasteiger partial charge in [0.15, 0.2) is 0 Å². The highest BCUT2D eigenvalue weighted by Crippen LogP contribution is 2.26. The molecule has 0 aromatic heterocycles. The normalized spacial score (nSPS) is 20.6. The number of piperidine rings is 1. The van der Waals surface area contributed by atoms with Crippen LogP contribution in [0, 0.1) is 11.8 Å². The summed E-state index contributed by atoms with van der Waals surface area (Å²) in [5, 5.41) is 11.6. The number of carbonyl (C=O) groups excluding carboxylic acids is 2. The van der Waals surface area contributed by atoms with Crippen LogP contribution < -0.4 is 5.32 Å². The highest BCUT2D eigenvalue weighted by Gasteiger charge is 2.27. The van der Waals surface area contributed by atoms with Crippen molar-refractivity contribution in [3.63, 3.8) is 0 Å². The standard InChI is InChI=1S/C16H26N2O4/c19-14(10-12-4-2-1-3-5-12)17-11-15(20)18-8-6-13(7-9-18)16(21)22/h12-13H,1-11H2,(H,17,19)(H,21,22). The number of carboxylic acid groups (broad SMARTS) is 1. The molecule has 6 heteroatoms. The van der Waals surface area contributed by atoms with Crippen LogP contribution in [-0.2, 0) is 14.4 Å². The molecule has 0 atom stereocenters. The van der Waals surface area contributed by atoms with Crippen LogP contribution in [0.2, 0.25) is 0 Å². The molecule has 1 aliphatic heterocycles. The van der Waals surface area contributed by atoms with Gasteiger partial charge in [-0.2, -0.15) is 0 Å². The molecular formula is C16H26N2O4. The highest BCUT2D eigenvalue weighted by molar-refractivity contribution is 5.85. The van der Waals surface area contributed by atoms with Gasteiger partial charge in [0.05, 0.1) is 12.5 Å². The molecule has 1 heterocycles. The van der Waals surface area contributed by atoms with Gasteiger partial charge >= 0.3 is 5.97 Å². The topological polar surface area (TPSA) is 86.7 Å². The molecule has 124 valence electrons. The Balaban J connectivity index is 1.65. The van der Waals surface area contributed by atoms with Gasteiger partial charge in [0.25, 0.3) is 0 Å². The summed E-state index contributed by atoms with van der Waals surface area (Å²) in [6, 6.07) is 0. The van der Waals surface area contributed by atoms with E-state index in [1.54, 1.807) is 4.90 Å². The lowest BCUT2D eigenvalue weighted by atomic mass is 9.87. The highest BCUT2D eigenvalue weighted by atomic mass is 16.4. The quantitative estimate of drug-likeness (QED) is 0.803. The van der Waals surface area contributed by atoms with Gasteiger partial charge in [0.1, 0.15) is 0 Å². The molecule has 1 saturated carbocycles. The molecule has 0 aromatic carbocycles. The first-order chi connectivity index (χ1) is 10.6. The first-order valence-corrected chi connectivity index (χ1v) is 8.33. The van der Waals surface area contributed by atoms with E-state index in [-0.39, 0.29) is 24.3 Å². The zero-order chi connectivity index (χ0) is 15.9. The van der Waals surface area contributed by atoms with Crippen molar-refractivity contribution in [3.8, 4) is 0 Å². The minimum absolute atomic E-state index is 0.0310. The lowest BCUT2D eigenvalue weighted by molar-refractivity contribution is -0.145. The maximum absolute atomic E-state index is 12.0. The number of nitrogens with one attached hydrogen (secondary N) is 1. The average molecular weight is 310 g/mol. The fraction of sp³-hybridized carbons (Fsp3) is 0.812. The molecule has 2 aliphatic rings. The minimum Gasteiger partial charge on any atom is -0.481 e. The summed E-state index contributed by atoms with van der Waals surface area (Å²) in [4.78, 5) is 36.4. The number of carboxylic acids is 1. The summed E-state index contributed by atoms with van der Waals surface area (Å²) in [6.45, 7) is 0.964. The van der Waals surface area contributed by atoms with Crippen molar-refractivity contribution in [3.05, 3.63) is 0 Å². The molecule has 0 spiro atoms. The second-order valence-electron chi connectivity index (χ2n) is 6.48. The van der Waals surface area contributed by atoms with Crippen LogP contribution in [0.5, 0.6) is 0 Å². The third-order valence-electron chi connectivity index (χ3n) is 4.83. The van der Waals surface area contributed by atoms with Crippen LogP contribution in [0.15, 0.2) is 0 Å². The van der Waals surface area contributed by atoms with E-state index in [1.807, 2.05) is 0 Å². The molecule has 22 heavy (non-hydrogen) atoms. The predicted molar refractivity (Wildman–Crippen MR) is 81.1 cm³/mol. The Morgan fingerprint density at radius 1 is 1.00 bits per heavy atom. The van der Waals surface area contributed by atoms with Crippen molar-refractivity contribution < 1.29 is 19.5 Å².